The molecule has 144 valence electrons. The highest BCUT2D eigenvalue weighted by molar-refractivity contribution is 6.33. The summed E-state index contributed by atoms with van der Waals surface area (Å²) < 4.78 is 6.70. The molecular weight excluding hydrogens is 368 g/mol. The van der Waals surface area contributed by atoms with E-state index in [2.05, 4.69) is 10.4 Å². The van der Waals surface area contributed by atoms with E-state index in [0.717, 1.165) is 11.3 Å². The maximum atomic E-state index is 12.5. The number of ether oxygens (including phenoxy) is 1. The van der Waals surface area contributed by atoms with E-state index in [1.54, 1.807) is 14.2 Å². The summed E-state index contributed by atoms with van der Waals surface area (Å²) in [5.41, 5.74) is 1.35. The van der Waals surface area contributed by atoms with Crippen LogP contribution in [0.4, 0.5) is 0 Å². The van der Waals surface area contributed by atoms with Crippen molar-refractivity contribution in [3.63, 3.8) is 0 Å². The van der Waals surface area contributed by atoms with E-state index in [0.29, 0.717) is 43.1 Å². The molecule has 1 unspecified atom stereocenters. The van der Waals surface area contributed by atoms with Gasteiger partial charge in [0.2, 0.25) is 5.91 Å². The molecular formula is C19H23ClN4O3. The summed E-state index contributed by atoms with van der Waals surface area (Å²) in [6, 6.07) is 7.62. The van der Waals surface area contributed by atoms with Gasteiger partial charge >= 0.3 is 0 Å². The van der Waals surface area contributed by atoms with Crippen molar-refractivity contribution >= 4 is 23.4 Å². The summed E-state index contributed by atoms with van der Waals surface area (Å²) in [6.07, 6.45) is 3.14. The van der Waals surface area contributed by atoms with E-state index in [4.69, 9.17) is 16.3 Å². The molecule has 7 nitrogen and oxygen atoms in total. The van der Waals surface area contributed by atoms with Gasteiger partial charge in [-0.1, -0.05) is 23.7 Å². The lowest BCUT2D eigenvalue weighted by Crippen LogP contribution is -2.37. The van der Waals surface area contributed by atoms with Gasteiger partial charge in [0, 0.05) is 32.6 Å². The molecule has 27 heavy (non-hydrogen) atoms. The van der Waals surface area contributed by atoms with Crippen LogP contribution in [0.2, 0.25) is 5.02 Å². The van der Waals surface area contributed by atoms with Gasteiger partial charge in [-0.25, -0.2) is 0 Å². The van der Waals surface area contributed by atoms with Gasteiger partial charge in [-0.2, -0.15) is 5.10 Å². The lowest BCUT2D eigenvalue weighted by atomic mass is 10.1. The van der Waals surface area contributed by atoms with Crippen LogP contribution >= 0.6 is 11.6 Å². The predicted octanol–water partition coefficient (Wildman–Crippen LogP) is 2.39. The van der Waals surface area contributed by atoms with Gasteiger partial charge in [0.15, 0.2) is 0 Å². The SMILES string of the molecule is COc1cccc(CN2CCC(NC(=O)c3c(Cl)cnn3C)CCC2=O)c1. The molecule has 1 fully saturated rings. The van der Waals surface area contributed by atoms with Crippen LogP contribution in [-0.2, 0) is 18.4 Å². The first-order valence-electron chi connectivity index (χ1n) is 8.87. The number of methoxy groups -OCH3 is 1. The van der Waals surface area contributed by atoms with Gasteiger partial charge in [0.1, 0.15) is 11.4 Å². The second-order valence-corrected chi connectivity index (χ2v) is 7.04. The Morgan fingerprint density at radius 2 is 2.22 bits per heavy atom. The molecule has 1 atom stereocenters. The van der Waals surface area contributed by atoms with Crippen LogP contribution < -0.4 is 10.1 Å². The van der Waals surface area contributed by atoms with Crippen molar-refractivity contribution in [1.29, 1.82) is 0 Å². The van der Waals surface area contributed by atoms with E-state index < -0.39 is 0 Å². The summed E-state index contributed by atoms with van der Waals surface area (Å²) in [5.74, 6) is 0.597. The molecule has 0 saturated carbocycles. The molecule has 3 rings (SSSR count). The zero-order valence-corrected chi connectivity index (χ0v) is 16.2. The first kappa shape index (κ1) is 19.2. The zero-order chi connectivity index (χ0) is 19.4. The molecule has 0 aliphatic carbocycles. The monoisotopic (exact) mass is 390 g/mol. The van der Waals surface area contributed by atoms with Crippen LogP contribution in [0.3, 0.4) is 0 Å². The van der Waals surface area contributed by atoms with Crippen LogP contribution in [0.25, 0.3) is 0 Å². The Labute approximate surface area is 163 Å². The minimum Gasteiger partial charge on any atom is -0.497 e. The summed E-state index contributed by atoms with van der Waals surface area (Å²) in [7, 11) is 3.30. The molecule has 8 heteroatoms. The average Bonchev–Trinajstić information content (AvgIpc) is 2.91. The molecule has 1 aliphatic rings. The largest absolute Gasteiger partial charge is 0.497 e. The topological polar surface area (TPSA) is 76.5 Å². The lowest BCUT2D eigenvalue weighted by Gasteiger charge is -2.21. The van der Waals surface area contributed by atoms with Gasteiger partial charge in [0.25, 0.3) is 5.91 Å². The molecule has 1 aliphatic heterocycles. The third-order valence-corrected chi connectivity index (χ3v) is 5.04. The molecule has 2 aromatic rings. The number of carbonyl (C=O) groups is 2. The van der Waals surface area contributed by atoms with Crippen LogP contribution in [0, 0.1) is 0 Å². The third kappa shape index (κ3) is 4.60. The first-order chi connectivity index (χ1) is 13.0. The van der Waals surface area contributed by atoms with Crippen LogP contribution in [-0.4, -0.2) is 46.2 Å². The average molecular weight is 391 g/mol. The molecule has 1 aromatic heterocycles. The van der Waals surface area contributed by atoms with Gasteiger partial charge < -0.3 is 15.0 Å². The Balaban J connectivity index is 1.62. The molecule has 0 radical (unpaired) electrons. The molecule has 2 heterocycles. The van der Waals surface area contributed by atoms with Crippen molar-refractivity contribution in [3.8, 4) is 5.75 Å². The highest BCUT2D eigenvalue weighted by Gasteiger charge is 2.25. The van der Waals surface area contributed by atoms with E-state index in [1.807, 2.05) is 29.2 Å². The van der Waals surface area contributed by atoms with Crippen molar-refractivity contribution in [1.82, 2.24) is 20.0 Å². The second kappa shape index (κ2) is 8.43. The quantitative estimate of drug-likeness (QED) is 0.850. The third-order valence-electron chi connectivity index (χ3n) is 4.76. The van der Waals surface area contributed by atoms with E-state index in [-0.39, 0.29) is 17.9 Å². The maximum absolute atomic E-state index is 12.5. The highest BCUT2D eigenvalue weighted by Crippen LogP contribution is 2.19. The lowest BCUT2D eigenvalue weighted by molar-refractivity contribution is -0.131. The number of halogens is 1. The van der Waals surface area contributed by atoms with Crippen molar-refractivity contribution in [2.24, 2.45) is 7.05 Å². The standard InChI is InChI=1S/C19H23ClN4O3/c1-23-18(16(20)11-21-23)19(26)22-14-6-7-17(25)24(9-8-14)12-13-4-3-5-15(10-13)27-2/h3-5,10-11,14H,6-9,12H2,1-2H3,(H,22,26). The number of amides is 2. The van der Waals surface area contributed by atoms with Crippen LogP contribution in [0.15, 0.2) is 30.5 Å². The number of carbonyl (C=O) groups excluding carboxylic acids is 2. The number of benzene rings is 1. The molecule has 0 spiro atoms. The summed E-state index contributed by atoms with van der Waals surface area (Å²) >= 11 is 6.03. The molecule has 1 saturated heterocycles. The van der Waals surface area contributed by atoms with Crippen molar-refractivity contribution in [2.45, 2.75) is 31.8 Å². The predicted molar refractivity (Wildman–Crippen MR) is 102 cm³/mol. The van der Waals surface area contributed by atoms with Gasteiger partial charge in [-0.05, 0) is 30.5 Å². The summed E-state index contributed by atoms with van der Waals surface area (Å²) in [5, 5.41) is 7.29. The smallest absolute Gasteiger partial charge is 0.271 e. The Hall–Kier alpha value is -2.54. The molecule has 0 bridgehead atoms. The minimum absolute atomic E-state index is 0.0808. The van der Waals surface area contributed by atoms with Gasteiger partial charge in [0.05, 0.1) is 18.3 Å². The summed E-state index contributed by atoms with van der Waals surface area (Å²) in [4.78, 5) is 26.8. The fraction of sp³-hybridized carbons (Fsp3) is 0.421. The number of aromatic nitrogens is 2. The summed E-state index contributed by atoms with van der Waals surface area (Å²) in [6.45, 7) is 1.12. The molecule has 1 N–H and O–H groups in total. The number of aryl methyl sites for hydroxylation is 1. The fourth-order valence-electron chi connectivity index (χ4n) is 3.26. The second-order valence-electron chi connectivity index (χ2n) is 6.63. The number of nitrogens with one attached hydrogen (secondary N) is 1. The number of rotatable bonds is 5. The van der Waals surface area contributed by atoms with Crippen molar-refractivity contribution < 1.29 is 14.3 Å². The van der Waals surface area contributed by atoms with Gasteiger partial charge in [-0.15, -0.1) is 0 Å². The zero-order valence-electron chi connectivity index (χ0n) is 15.4. The number of likely N-dealkylation sites (tertiary alicyclic amines) is 1. The van der Waals surface area contributed by atoms with E-state index >= 15 is 0 Å². The van der Waals surface area contributed by atoms with Crippen LogP contribution in [0.5, 0.6) is 5.75 Å². The number of nitrogens with zero attached hydrogens (tertiary/aromatic N) is 3. The Kier molecular flexibility index (Phi) is 6.01. The Morgan fingerprint density at radius 3 is 2.93 bits per heavy atom. The van der Waals surface area contributed by atoms with E-state index in [1.165, 1.54) is 10.9 Å². The Morgan fingerprint density at radius 1 is 1.41 bits per heavy atom. The van der Waals surface area contributed by atoms with Gasteiger partial charge in [-0.3, -0.25) is 14.3 Å². The number of hydrogen-bond donors (Lipinski definition) is 1. The minimum atomic E-state index is -0.265. The molecule has 1 aromatic carbocycles. The maximum Gasteiger partial charge on any atom is 0.271 e. The normalized spacial score (nSPS) is 17.5. The van der Waals surface area contributed by atoms with Crippen molar-refractivity contribution in [3.05, 3.63) is 46.7 Å². The fourth-order valence-corrected chi connectivity index (χ4v) is 3.51. The Bertz CT molecular complexity index is 817. The highest BCUT2D eigenvalue weighted by atomic mass is 35.5. The van der Waals surface area contributed by atoms with E-state index in [9.17, 15) is 9.59 Å². The molecule has 2 amide bonds. The van der Waals surface area contributed by atoms with Crippen LogP contribution in [0.1, 0.15) is 35.3 Å². The van der Waals surface area contributed by atoms with Crippen molar-refractivity contribution in [2.75, 3.05) is 13.7 Å². The number of hydrogen-bond acceptors (Lipinski definition) is 4. The first-order valence-corrected chi connectivity index (χ1v) is 9.24.